The summed E-state index contributed by atoms with van der Waals surface area (Å²) in [5.41, 5.74) is 0.655. The third kappa shape index (κ3) is 2.35. The van der Waals surface area contributed by atoms with Gasteiger partial charge in [-0.3, -0.25) is 4.99 Å². The molecule has 1 aliphatic heterocycles. The first-order chi connectivity index (χ1) is 8.09. The molecule has 0 radical (unpaired) electrons. The highest BCUT2D eigenvalue weighted by atomic mass is 32.2. The molecular weight excluding hydrogens is 228 g/mol. The molecule has 1 heterocycles. The predicted molar refractivity (Wildman–Crippen MR) is 75.6 cm³/mol. The Bertz CT molecular complexity index is 335. The Hall–Kier alpha value is -0.180. The SMILES string of the molecule is CC1CCCC2(CSC(=NC3(C)CCC3)N2)C1. The molecular formula is C14H24N2S. The number of rotatable bonds is 1. The maximum absolute atomic E-state index is 4.96. The second kappa shape index (κ2) is 4.18. The summed E-state index contributed by atoms with van der Waals surface area (Å²) in [6.45, 7) is 4.70. The van der Waals surface area contributed by atoms with Crippen LogP contribution in [0.1, 0.15) is 58.8 Å². The molecule has 3 heteroatoms. The predicted octanol–water partition coefficient (Wildman–Crippen LogP) is 3.57. The molecule has 3 rings (SSSR count). The zero-order chi connectivity index (χ0) is 11.9. The molecule has 0 bridgehead atoms. The molecule has 17 heavy (non-hydrogen) atoms. The molecule has 0 aromatic carbocycles. The molecule has 2 atom stereocenters. The van der Waals surface area contributed by atoms with E-state index < -0.39 is 0 Å². The number of thioether (sulfide) groups is 1. The normalized spacial score (nSPS) is 42.5. The second-order valence-corrected chi connectivity index (χ2v) is 7.63. The van der Waals surface area contributed by atoms with E-state index in [-0.39, 0.29) is 5.54 Å². The zero-order valence-corrected chi connectivity index (χ0v) is 11.9. The lowest BCUT2D eigenvalue weighted by Crippen LogP contribution is -2.47. The fraction of sp³-hybridized carbons (Fsp3) is 0.929. The number of nitrogens with one attached hydrogen (secondary N) is 1. The van der Waals surface area contributed by atoms with Crippen molar-refractivity contribution in [1.82, 2.24) is 5.32 Å². The minimum absolute atomic E-state index is 0.265. The first kappa shape index (κ1) is 11.9. The molecule has 1 N–H and O–H groups in total. The Balaban J connectivity index is 1.68. The number of nitrogens with zero attached hydrogens (tertiary/aromatic N) is 1. The summed E-state index contributed by atoms with van der Waals surface area (Å²) in [4.78, 5) is 4.96. The minimum atomic E-state index is 0.265. The highest BCUT2D eigenvalue weighted by molar-refractivity contribution is 8.14. The van der Waals surface area contributed by atoms with Crippen molar-refractivity contribution in [2.45, 2.75) is 69.9 Å². The van der Waals surface area contributed by atoms with Gasteiger partial charge in [0, 0.05) is 11.3 Å². The van der Waals surface area contributed by atoms with Gasteiger partial charge < -0.3 is 5.32 Å². The van der Waals surface area contributed by atoms with Crippen LogP contribution in [0.3, 0.4) is 0 Å². The number of hydrogen-bond acceptors (Lipinski definition) is 2. The fourth-order valence-corrected chi connectivity index (χ4v) is 4.84. The molecule has 0 aromatic rings. The van der Waals surface area contributed by atoms with Crippen LogP contribution in [0.2, 0.25) is 0 Å². The molecule has 3 aliphatic rings. The van der Waals surface area contributed by atoms with E-state index in [0.29, 0.717) is 5.54 Å². The fourth-order valence-electron chi connectivity index (χ4n) is 3.52. The van der Waals surface area contributed by atoms with Gasteiger partial charge in [-0.25, -0.2) is 0 Å². The molecule has 1 saturated heterocycles. The third-order valence-corrected chi connectivity index (χ3v) is 5.91. The van der Waals surface area contributed by atoms with Gasteiger partial charge in [-0.1, -0.05) is 31.5 Å². The van der Waals surface area contributed by atoms with E-state index in [1.165, 1.54) is 55.9 Å². The van der Waals surface area contributed by atoms with E-state index in [1.54, 1.807) is 0 Å². The Kier molecular flexibility index (Phi) is 2.92. The van der Waals surface area contributed by atoms with Crippen LogP contribution < -0.4 is 5.32 Å². The monoisotopic (exact) mass is 252 g/mol. The van der Waals surface area contributed by atoms with E-state index in [1.807, 2.05) is 11.8 Å². The van der Waals surface area contributed by atoms with Crippen LogP contribution in [0.15, 0.2) is 4.99 Å². The Morgan fingerprint density at radius 1 is 1.29 bits per heavy atom. The standard InChI is InChI=1S/C14H24N2S/c1-11-5-3-8-14(9-11)10-17-12(16-14)15-13(2)6-4-7-13/h11H,3-10H2,1-2H3,(H,15,16). The van der Waals surface area contributed by atoms with Gasteiger partial charge in [0.1, 0.15) is 0 Å². The maximum atomic E-state index is 4.96. The van der Waals surface area contributed by atoms with Crippen LogP contribution >= 0.6 is 11.8 Å². The van der Waals surface area contributed by atoms with Crippen LogP contribution in [-0.4, -0.2) is 22.0 Å². The first-order valence-electron chi connectivity index (χ1n) is 7.10. The quantitative estimate of drug-likeness (QED) is 0.771. The van der Waals surface area contributed by atoms with Crippen molar-refractivity contribution in [3.05, 3.63) is 0 Å². The van der Waals surface area contributed by atoms with E-state index in [2.05, 4.69) is 19.2 Å². The van der Waals surface area contributed by atoms with Crippen molar-refractivity contribution in [3.8, 4) is 0 Å². The van der Waals surface area contributed by atoms with Gasteiger partial charge >= 0.3 is 0 Å². The van der Waals surface area contributed by atoms with Gasteiger partial charge in [-0.15, -0.1) is 0 Å². The van der Waals surface area contributed by atoms with Crippen LogP contribution in [0.25, 0.3) is 0 Å². The first-order valence-corrected chi connectivity index (χ1v) is 8.09. The lowest BCUT2D eigenvalue weighted by molar-refractivity contribution is 0.240. The molecule has 1 spiro atoms. The van der Waals surface area contributed by atoms with E-state index in [4.69, 9.17) is 4.99 Å². The molecule has 2 unspecified atom stereocenters. The average Bonchev–Trinajstić information content (AvgIpc) is 2.58. The molecule has 2 aliphatic carbocycles. The molecule has 2 saturated carbocycles. The van der Waals surface area contributed by atoms with Crippen LogP contribution in [0.4, 0.5) is 0 Å². The lowest BCUT2D eigenvalue weighted by atomic mass is 9.77. The third-order valence-electron chi connectivity index (χ3n) is 4.75. The van der Waals surface area contributed by atoms with E-state index in [0.717, 1.165) is 5.92 Å². The van der Waals surface area contributed by atoms with Gasteiger partial charge in [0.05, 0.1) is 5.54 Å². The van der Waals surface area contributed by atoms with Gasteiger partial charge in [-0.05, 0) is 44.9 Å². The summed E-state index contributed by atoms with van der Waals surface area (Å²) in [5, 5.41) is 5.01. The number of hydrogen-bond donors (Lipinski definition) is 1. The zero-order valence-electron chi connectivity index (χ0n) is 11.1. The molecule has 3 fully saturated rings. The molecule has 0 aromatic heterocycles. The van der Waals surface area contributed by atoms with Crippen molar-refractivity contribution < 1.29 is 0 Å². The summed E-state index contributed by atoms with van der Waals surface area (Å²) in [7, 11) is 0. The van der Waals surface area contributed by atoms with Crippen molar-refractivity contribution in [1.29, 1.82) is 0 Å². The maximum Gasteiger partial charge on any atom is 0.157 e. The molecule has 2 nitrogen and oxygen atoms in total. The number of aliphatic imine (C=N–C) groups is 1. The highest BCUT2D eigenvalue weighted by Crippen LogP contribution is 2.41. The number of amidine groups is 1. The summed E-state index contributed by atoms with van der Waals surface area (Å²) >= 11 is 1.96. The van der Waals surface area contributed by atoms with Crippen LogP contribution in [0, 0.1) is 5.92 Å². The summed E-state index contributed by atoms with van der Waals surface area (Å²) in [6.07, 6.45) is 9.41. The Morgan fingerprint density at radius 2 is 2.12 bits per heavy atom. The Labute approximate surface area is 109 Å². The van der Waals surface area contributed by atoms with Gasteiger partial charge in [-0.2, -0.15) is 0 Å². The minimum Gasteiger partial charge on any atom is -0.359 e. The van der Waals surface area contributed by atoms with Crippen molar-refractivity contribution in [3.63, 3.8) is 0 Å². The lowest BCUT2D eigenvalue weighted by Gasteiger charge is -2.37. The summed E-state index contributed by atoms with van der Waals surface area (Å²) < 4.78 is 0. The van der Waals surface area contributed by atoms with E-state index >= 15 is 0 Å². The van der Waals surface area contributed by atoms with Crippen molar-refractivity contribution in [2.24, 2.45) is 10.9 Å². The smallest absolute Gasteiger partial charge is 0.157 e. The highest BCUT2D eigenvalue weighted by Gasteiger charge is 2.41. The average molecular weight is 252 g/mol. The van der Waals surface area contributed by atoms with E-state index in [9.17, 15) is 0 Å². The molecule has 0 amide bonds. The largest absolute Gasteiger partial charge is 0.359 e. The molecule has 96 valence electrons. The second-order valence-electron chi connectivity index (χ2n) is 6.66. The van der Waals surface area contributed by atoms with Crippen LogP contribution in [-0.2, 0) is 0 Å². The van der Waals surface area contributed by atoms with Gasteiger partial charge in [0.15, 0.2) is 5.17 Å². The summed E-state index contributed by atoms with van der Waals surface area (Å²) in [5.74, 6) is 2.13. The van der Waals surface area contributed by atoms with Crippen molar-refractivity contribution >= 4 is 16.9 Å². The van der Waals surface area contributed by atoms with Gasteiger partial charge in [0.2, 0.25) is 0 Å². The van der Waals surface area contributed by atoms with Crippen LogP contribution in [0.5, 0.6) is 0 Å². The van der Waals surface area contributed by atoms with Gasteiger partial charge in [0.25, 0.3) is 0 Å². The topological polar surface area (TPSA) is 24.4 Å². The Morgan fingerprint density at radius 3 is 2.76 bits per heavy atom. The summed E-state index contributed by atoms with van der Waals surface area (Å²) in [6, 6.07) is 0. The van der Waals surface area contributed by atoms with Crippen molar-refractivity contribution in [2.75, 3.05) is 5.75 Å².